The summed E-state index contributed by atoms with van der Waals surface area (Å²) < 4.78 is 34.5. The van der Waals surface area contributed by atoms with Crippen LogP contribution in [0.1, 0.15) is 6.42 Å². The molecule has 1 aliphatic heterocycles. The van der Waals surface area contributed by atoms with Gasteiger partial charge in [0.25, 0.3) is 0 Å². The van der Waals surface area contributed by atoms with Crippen LogP contribution < -0.4 is 10.6 Å². The maximum absolute atomic E-state index is 12.9. The average Bonchev–Trinajstić information content (AvgIpc) is 2.60. The molecule has 0 saturated carbocycles. The van der Waals surface area contributed by atoms with E-state index >= 15 is 0 Å². The van der Waals surface area contributed by atoms with E-state index in [1.54, 1.807) is 6.07 Å². The Labute approximate surface area is 109 Å². The molecule has 98 valence electrons. The third-order valence-corrected chi connectivity index (χ3v) is 4.19. The molecule has 1 amide bonds. The van der Waals surface area contributed by atoms with Gasteiger partial charge in [-0.3, -0.25) is 4.79 Å². The first-order valence-electron chi connectivity index (χ1n) is 5.08. The third kappa shape index (κ3) is 2.28. The maximum atomic E-state index is 12.9. The van der Waals surface area contributed by atoms with Gasteiger partial charge in [-0.2, -0.15) is 8.42 Å². The zero-order chi connectivity index (χ0) is 13.5. The van der Waals surface area contributed by atoms with Crippen LogP contribution in [0.2, 0.25) is 5.02 Å². The summed E-state index contributed by atoms with van der Waals surface area (Å²) in [6, 6.07) is 4.66. The normalized spacial score (nSPS) is 20.4. The number of hydrogen-bond donors (Lipinski definition) is 1. The first-order valence-corrected chi connectivity index (χ1v) is 6.91. The van der Waals surface area contributed by atoms with Gasteiger partial charge in [0.15, 0.2) is 0 Å². The van der Waals surface area contributed by atoms with Crippen molar-refractivity contribution in [2.75, 3.05) is 17.2 Å². The summed E-state index contributed by atoms with van der Waals surface area (Å²) in [6.07, 6.45) is -0.399. The molecule has 0 spiro atoms. The number of halogens is 2. The van der Waals surface area contributed by atoms with Gasteiger partial charge in [-0.1, -0.05) is 17.7 Å². The van der Waals surface area contributed by atoms with Crippen LogP contribution in [0.4, 0.5) is 15.3 Å². The SMILES string of the molecule is Nc1cccc(Cl)c1N1CC(S(=O)(=O)F)CC1=O. The van der Waals surface area contributed by atoms with E-state index in [1.165, 1.54) is 12.1 Å². The number of anilines is 2. The highest BCUT2D eigenvalue weighted by atomic mass is 35.5. The minimum absolute atomic E-state index is 0.222. The number of nitrogen functional groups attached to an aromatic ring is 1. The highest BCUT2D eigenvalue weighted by molar-refractivity contribution is 7.87. The first-order chi connectivity index (χ1) is 8.30. The van der Waals surface area contributed by atoms with E-state index in [1.807, 2.05) is 0 Å². The van der Waals surface area contributed by atoms with E-state index in [-0.39, 0.29) is 22.9 Å². The monoisotopic (exact) mass is 292 g/mol. The number of para-hydroxylation sites is 1. The lowest BCUT2D eigenvalue weighted by Gasteiger charge is -2.19. The molecule has 1 aliphatic rings. The van der Waals surface area contributed by atoms with Crippen LogP contribution >= 0.6 is 11.6 Å². The molecule has 0 radical (unpaired) electrons. The minimum Gasteiger partial charge on any atom is -0.397 e. The van der Waals surface area contributed by atoms with Gasteiger partial charge in [-0.15, -0.1) is 3.89 Å². The molecule has 1 heterocycles. The van der Waals surface area contributed by atoms with Crippen molar-refractivity contribution < 1.29 is 17.1 Å². The molecular weight excluding hydrogens is 283 g/mol. The molecule has 1 saturated heterocycles. The molecule has 8 heteroatoms. The summed E-state index contributed by atoms with van der Waals surface area (Å²) in [5.74, 6) is -0.513. The fourth-order valence-electron chi connectivity index (χ4n) is 1.90. The zero-order valence-electron chi connectivity index (χ0n) is 9.14. The van der Waals surface area contributed by atoms with E-state index in [4.69, 9.17) is 17.3 Å². The number of amides is 1. The quantitative estimate of drug-likeness (QED) is 0.658. The molecule has 2 rings (SSSR count). The molecule has 1 atom stereocenters. The van der Waals surface area contributed by atoms with Crippen molar-refractivity contribution in [3.8, 4) is 0 Å². The average molecular weight is 293 g/mol. The molecule has 0 aliphatic carbocycles. The molecule has 0 bridgehead atoms. The van der Waals surface area contributed by atoms with Gasteiger partial charge in [-0.05, 0) is 12.1 Å². The maximum Gasteiger partial charge on any atom is 0.307 e. The predicted octanol–water partition coefficient (Wildman–Crippen LogP) is 1.33. The molecule has 1 aromatic rings. The molecule has 18 heavy (non-hydrogen) atoms. The summed E-state index contributed by atoms with van der Waals surface area (Å²) >= 11 is 5.92. The molecule has 1 unspecified atom stereocenters. The third-order valence-electron chi connectivity index (χ3n) is 2.78. The van der Waals surface area contributed by atoms with Gasteiger partial charge in [0.2, 0.25) is 5.91 Å². The fourth-order valence-corrected chi connectivity index (χ4v) is 2.85. The van der Waals surface area contributed by atoms with Crippen LogP contribution in [-0.4, -0.2) is 26.1 Å². The van der Waals surface area contributed by atoms with Gasteiger partial charge in [-0.25, -0.2) is 0 Å². The number of carbonyl (C=O) groups excluding carboxylic acids is 1. The van der Waals surface area contributed by atoms with Crippen LogP contribution in [0.15, 0.2) is 18.2 Å². The first kappa shape index (κ1) is 13.1. The number of benzene rings is 1. The van der Waals surface area contributed by atoms with Crippen LogP contribution in [0.3, 0.4) is 0 Å². The van der Waals surface area contributed by atoms with Crippen LogP contribution in [0, 0.1) is 0 Å². The molecule has 5 nitrogen and oxygen atoms in total. The van der Waals surface area contributed by atoms with Gasteiger partial charge in [0.1, 0.15) is 5.25 Å². The van der Waals surface area contributed by atoms with Gasteiger partial charge in [0, 0.05) is 13.0 Å². The Kier molecular flexibility index (Phi) is 3.20. The van der Waals surface area contributed by atoms with Gasteiger partial charge in [0.05, 0.1) is 16.4 Å². The largest absolute Gasteiger partial charge is 0.397 e. The van der Waals surface area contributed by atoms with Gasteiger partial charge < -0.3 is 10.6 Å². The second-order valence-corrected chi connectivity index (χ2v) is 6.01. The minimum atomic E-state index is -4.75. The Balaban J connectivity index is 2.39. The second kappa shape index (κ2) is 4.40. The highest BCUT2D eigenvalue weighted by Gasteiger charge is 2.40. The Morgan fingerprint density at radius 1 is 1.44 bits per heavy atom. The van der Waals surface area contributed by atoms with Crippen LogP contribution in [0.5, 0.6) is 0 Å². The van der Waals surface area contributed by atoms with E-state index in [9.17, 15) is 17.1 Å². The van der Waals surface area contributed by atoms with Crippen LogP contribution in [-0.2, 0) is 15.0 Å². The number of nitrogens with zero attached hydrogens (tertiary/aromatic N) is 1. The summed E-state index contributed by atoms with van der Waals surface area (Å²) in [6.45, 7) is -0.272. The molecule has 0 aromatic heterocycles. The lowest BCUT2D eigenvalue weighted by atomic mass is 10.2. The van der Waals surface area contributed by atoms with Crippen molar-refractivity contribution in [3.63, 3.8) is 0 Å². The molecule has 1 aromatic carbocycles. The topological polar surface area (TPSA) is 80.5 Å². The molecule has 1 fully saturated rings. The van der Waals surface area contributed by atoms with Crippen molar-refractivity contribution in [2.24, 2.45) is 0 Å². The van der Waals surface area contributed by atoms with E-state index in [2.05, 4.69) is 0 Å². The predicted molar refractivity (Wildman–Crippen MR) is 66.7 cm³/mol. The Bertz CT molecular complexity index is 585. The summed E-state index contributed by atoms with van der Waals surface area (Å²) in [7, 11) is -4.75. The second-order valence-electron chi connectivity index (χ2n) is 3.98. The Morgan fingerprint density at radius 2 is 2.11 bits per heavy atom. The van der Waals surface area contributed by atoms with Crippen molar-refractivity contribution in [1.82, 2.24) is 0 Å². The summed E-state index contributed by atoms with van der Waals surface area (Å²) in [4.78, 5) is 12.8. The van der Waals surface area contributed by atoms with E-state index < -0.39 is 27.8 Å². The number of rotatable bonds is 2. The van der Waals surface area contributed by atoms with Crippen molar-refractivity contribution in [2.45, 2.75) is 11.7 Å². The van der Waals surface area contributed by atoms with Crippen molar-refractivity contribution >= 4 is 39.1 Å². The summed E-state index contributed by atoms with van der Waals surface area (Å²) in [5, 5.41) is -1.14. The fraction of sp³-hybridized carbons (Fsp3) is 0.300. The van der Waals surface area contributed by atoms with Gasteiger partial charge >= 0.3 is 10.2 Å². The Hall–Kier alpha value is -1.34. The van der Waals surface area contributed by atoms with Crippen molar-refractivity contribution in [3.05, 3.63) is 23.2 Å². The Morgan fingerprint density at radius 3 is 2.61 bits per heavy atom. The highest BCUT2D eigenvalue weighted by Crippen LogP contribution is 2.35. The van der Waals surface area contributed by atoms with E-state index in [0.29, 0.717) is 0 Å². The number of carbonyl (C=O) groups is 1. The lowest BCUT2D eigenvalue weighted by molar-refractivity contribution is -0.117. The number of hydrogen-bond acceptors (Lipinski definition) is 4. The summed E-state index contributed by atoms with van der Waals surface area (Å²) in [5.41, 5.74) is 6.17. The zero-order valence-corrected chi connectivity index (χ0v) is 10.7. The van der Waals surface area contributed by atoms with E-state index in [0.717, 1.165) is 4.90 Å². The van der Waals surface area contributed by atoms with Crippen LogP contribution in [0.25, 0.3) is 0 Å². The molecular formula is C10H10ClFN2O3S. The van der Waals surface area contributed by atoms with Crippen molar-refractivity contribution in [1.29, 1.82) is 0 Å². The number of nitrogens with two attached hydrogens (primary N) is 1. The molecule has 2 N–H and O–H groups in total. The standard InChI is InChI=1S/C10H10ClFN2O3S/c11-7-2-1-3-8(13)10(7)14-5-6(4-9(14)15)18(12,16)17/h1-3,6H,4-5,13H2. The lowest BCUT2D eigenvalue weighted by Crippen LogP contribution is -2.27. The smallest absolute Gasteiger partial charge is 0.307 e.